The third-order valence-corrected chi connectivity index (χ3v) is 6.53. The molecule has 2 N–H and O–H groups in total. The van der Waals surface area contributed by atoms with Crippen LogP contribution in [-0.2, 0) is 21.1 Å². The van der Waals surface area contributed by atoms with E-state index in [1.807, 2.05) is 5.32 Å². The highest BCUT2D eigenvalue weighted by molar-refractivity contribution is 7.92. The summed E-state index contributed by atoms with van der Waals surface area (Å²) in [6, 6.07) is 5.81. The summed E-state index contributed by atoms with van der Waals surface area (Å²) in [6.07, 6.45) is -4.33. The minimum atomic E-state index is -4.68. The Morgan fingerprint density at radius 2 is 1.80 bits per heavy atom. The van der Waals surface area contributed by atoms with Gasteiger partial charge in [0.15, 0.2) is 14.6 Å². The molecule has 1 atom stereocenters. The Kier molecular flexibility index (Phi) is 5.78. The molecule has 5 nitrogen and oxygen atoms in total. The van der Waals surface area contributed by atoms with E-state index < -0.39 is 39.1 Å². The Morgan fingerprint density at radius 3 is 2.28 bits per heavy atom. The second kappa shape index (κ2) is 7.33. The number of hydrogen-bond donors (Lipinski definition) is 2. The number of hydrogen-bond acceptors (Lipinski definition) is 4. The molecule has 1 saturated heterocycles. The number of rotatable bonds is 5. The van der Waals surface area contributed by atoms with Crippen LogP contribution in [0.2, 0.25) is 0 Å². The molecule has 1 aliphatic rings. The van der Waals surface area contributed by atoms with Gasteiger partial charge in [-0.15, -0.1) is 0 Å². The van der Waals surface area contributed by atoms with Crippen LogP contribution >= 0.6 is 0 Å². The van der Waals surface area contributed by atoms with Gasteiger partial charge in [0.1, 0.15) is 6.04 Å². The Morgan fingerprint density at radius 1 is 1.24 bits per heavy atom. The van der Waals surface area contributed by atoms with Crippen LogP contribution in [0.25, 0.3) is 0 Å². The first-order valence-electron chi connectivity index (χ1n) is 7.88. The van der Waals surface area contributed by atoms with Gasteiger partial charge in [0.2, 0.25) is 5.91 Å². The topological polar surface area (TPSA) is 75.3 Å². The molecule has 2 rings (SSSR count). The molecule has 0 radical (unpaired) electrons. The maximum atomic E-state index is 13.4. The molecule has 1 aromatic rings. The maximum absolute atomic E-state index is 13.4. The second-order valence-corrected chi connectivity index (χ2v) is 8.60. The summed E-state index contributed by atoms with van der Waals surface area (Å²) in [7, 11) is -3.87. The fourth-order valence-corrected chi connectivity index (χ4v) is 4.33. The van der Waals surface area contributed by atoms with Crippen molar-refractivity contribution in [3.63, 3.8) is 0 Å². The smallest absolute Gasteiger partial charge is 0.343 e. The lowest BCUT2D eigenvalue weighted by Gasteiger charge is -2.36. The number of nitrogens with one attached hydrogen (secondary N) is 2. The van der Waals surface area contributed by atoms with E-state index in [0.717, 1.165) is 6.26 Å². The second-order valence-electron chi connectivity index (χ2n) is 6.27. The highest BCUT2D eigenvalue weighted by Gasteiger charge is 2.51. The maximum Gasteiger partial charge on any atom is 0.408 e. The summed E-state index contributed by atoms with van der Waals surface area (Å²) in [5.74, 6) is -1.07. The Balaban J connectivity index is 2.26. The number of halogens is 3. The fourth-order valence-electron chi connectivity index (χ4n) is 2.99. The molecule has 1 aromatic carbocycles. The van der Waals surface area contributed by atoms with Gasteiger partial charge in [-0.2, -0.15) is 13.2 Å². The standard InChI is InChI=1S/C16H21F3N2O3S/c1-25(23,24)15(7-9-20-10-8-15)14(22)21-13(16(17,18)19)11-12-5-3-2-4-6-12/h2-6,13,20H,7-11H2,1H3,(H,21,22). The van der Waals surface area contributed by atoms with E-state index in [1.54, 1.807) is 18.2 Å². The van der Waals surface area contributed by atoms with Crippen LogP contribution in [0.1, 0.15) is 18.4 Å². The summed E-state index contributed by atoms with van der Waals surface area (Å²) in [5.41, 5.74) is 0.406. The van der Waals surface area contributed by atoms with Crippen LogP contribution in [0.5, 0.6) is 0 Å². The predicted octanol–water partition coefficient (Wildman–Crippen LogP) is 1.44. The normalized spacial score (nSPS) is 19.2. The number of alkyl halides is 3. The first kappa shape index (κ1) is 19.7. The summed E-state index contributed by atoms with van der Waals surface area (Å²) >= 11 is 0. The van der Waals surface area contributed by atoms with E-state index in [0.29, 0.717) is 5.56 Å². The van der Waals surface area contributed by atoms with Crippen molar-refractivity contribution in [1.82, 2.24) is 10.6 Å². The lowest BCUT2D eigenvalue weighted by atomic mass is 9.95. The molecular weight excluding hydrogens is 357 g/mol. The molecule has 1 amide bonds. The SMILES string of the molecule is CS(=O)(=O)C1(C(=O)NC(Cc2ccccc2)C(F)(F)F)CCNCC1. The van der Waals surface area contributed by atoms with Gasteiger partial charge < -0.3 is 10.6 Å². The van der Waals surface area contributed by atoms with Crippen molar-refractivity contribution in [1.29, 1.82) is 0 Å². The Labute approximate surface area is 144 Å². The summed E-state index contributed by atoms with van der Waals surface area (Å²) in [5, 5.41) is 4.87. The monoisotopic (exact) mass is 378 g/mol. The summed E-state index contributed by atoms with van der Waals surface area (Å²) in [6.45, 7) is 0.520. The highest BCUT2D eigenvalue weighted by atomic mass is 32.2. The minimum Gasteiger partial charge on any atom is -0.343 e. The number of amides is 1. The molecule has 0 aromatic heterocycles. The lowest BCUT2D eigenvalue weighted by Crippen LogP contribution is -2.61. The van der Waals surface area contributed by atoms with Crippen LogP contribution in [0.4, 0.5) is 13.2 Å². The van der Waals surface area contributed by atoms with E-state index in [1.165, 1.54) is 12.1 Å². The van der Waals surface area contributed by atoms with Crippen LogP contribution in [0.15, 0.2) is 30.3 Å². The zero-order chi connectivity index (χ0) is 18.7. The molecule has 140 valence electrons. The molecule has 0 aliphatic carbocycles. The average molecular weight is 378 g/mol. The van der Waals surface area contributed by atoms with Crippen molar-refractivity contribution >= 4 is 15.7 Å². The van der Waals surface area contributed by atoms with Crippen molar-refractivity contribution in [2.24, 2.45) is 0 Å². The number of sulfone groups is 1. The molecule has 1 heterocycles. The molecule has 1 aliphatic heterocycles. The quantitative estimate of drug-likeness (QED) is 0.813. The van der Waals surface area contributed by atoms with E-state index in [9.17, 15) is 26.4 Å². The van der Waals surface area contributed by atoms with Gasteiger partial charge in [-0.1, -0.05) is 30.3 Å². The third kappa shape index (κ3) is 4.52. The molecule has 1 unspecified atom stereocenters. The third-order valence-electron chi connectivity index (χ3n) is 4.52. The van der Waals surface area contributed by atoms with Crippen LogP contribution in [0.3, 0.4) is 0 Å². The lowest BCUT2D eigenvalue weighted by molar-refractivity contribution is -0.162. The van der Waals surface area contributed by atoms with Crippen LogP contribution < -0.4 is 10.6 Å². The van der Waals surface area contributed by atoms with Crippen LogP contribution in [0, 0.1) is 0 Å². The summed E-state index contributed by atoms with van der Waals surface area (Å²) in [4.78, 5) is 12.6. The van der Waals surface area contributed by atoms with Gasteiger partial charge in [-0.3, -0.25) is 4.79 Å². The first-order valence-corrected chi connectivity index (χ1v) is 9.77. The Bertz CT molecular complexity index is 699. The van der Waals surface area contributed by atoms with Gasteiger partial charge in [0.05, 0.1) is 0 Å². The molecule has 1 fully saturated rings. The largest absolute Gasteiger partial charge is 0.408 e. The van der Waals surface area contributed by atoms with Crippen molar-refractivity contribution in [3.8, 4) is 0 Å². The van der Waals surface area contributed by atoms with E-state index in [-0.39, 0.29) is 25.9 Å². The fraction of sp³-hybridized carbons (Fsp3) is 0.562. The van der Waals surface area contributed by atoms with Crippen molar-refractivity contribution < 1.29 is 26.4 Å². The Hall–Kier alpha value is -1.61. The molecule has 9 heteroatoms. The molecule has 0 saturated carbocycles. The molecular formula is C16H21F3N2O3S. The summed E-state index contributed by atoms with van der Waals surface area (Å²) < 4.78 is 62.7. The zero-order valence-corrected chi connectivity index (χ0v) is 14.6. The molecule has 0 spiro atoms. The van der Waals surface area contributed by atoms with Gasteiger partial charge in [-0.05, 0) is 31.5 Å². The van der Waals surface area contributed by atoms with E-state index >= 15 is 0 Å². The van der Waals surface area contributed by atoms with Crippen molar-refractivity contribution in [3.05, 3.63) is 35.9 Å². The first-order chi connectivity index (χ1) is 11.6. The molecule has 25 heavy (non-hydrogen) atoms. The highest BCUT2D eigenvalue weighted by Crippen LogP contribution is 2.30. The van der Waals surface area contributed by atoms with Crippen LogP contribution in [-0.4, -0.2) is 50.6 Å². The van der Waals surface area contributed by atoms with E-state index in [4.69, 9.17) is 0 Å². The number of piperidine rings is 1. The van der Waals surface area contributed by atoms with Gasteiger partial charge in [-0.25, -0.2) is 8.42 Å². The number of carbonyl (C=O) groups is 1. The number of benzene rings is 1. The average Bonchev–Trinajstić information content (AvgIpc) is 2.54. The van der Waals surface area contributed by atoms with Crippen molar-refractivity contribution in [2.45, 2.75) is 36.2 Å². The molecule has 0 bridgehead atoms. The van der Waals surface area contributed by atoms with Gasteiger partial charge in [0, 0.05) is 12.7 Å². The number of carbonyl (C=O) groups excluding carboxylic acids is 1. The predicted molar refractivity (Wildman–Crippen MR) is 87.8 cm³/mol. The van der Waals surface area contributed by atoms with Gasteiger partial charge in [0.25, 0.3) is 0 Å². The zero-order valence-electron chi connectivity index (χ0n) is 13.8. The van der Waals surface area contributed by atoms with Crippen molar-refractivity contribution in [2.75, 3.05) is 19.3 Å². The minimum absolute atomic E-state index is 0.0480. The van der Waals surface area contributed by atoms with Gasteiger partial charge >= 0.3 is 6.18 Å². The van der Waals surface area contributed by atoms with E-state index in [2.05, 4.69) is 5.32 Å².